The molecule has 27 heavy (non-hydrogen) atoms. The third-order valence-electron chi connectivity index (χ3n) is 3.93. The Morgan fingerprint density at radius 1 is 1.19 bits per heavy atom. The summed E-state index contributed by atoms with van der Waals surface area (Å²) in [7, 11) is 0. The molecule has 2 rings (SSSR count). The van der Waals surface area contributed by atoms with Crippen LogP contribution in [0.3, 0.4) is 0 Å². The van der Waals surface area contributed by atoms with Crippen LogP contribution in [-0.2, 0) is 6.54 Å². The molecule has 0 saturated heterocycles. The average molecular weight is 375 g/mol. The Hall–Kier alpha value is -2.90. The smallest absolute Gasteiger partial charge is 0.251 e. The lowest BCUT2D eigenvalue weighted by atomic mass is 10.1. The van der Waals surface area contributed by atoms with Gasteiger partial charge in [0.25, 0.3) is 5.91 Å². The van der Waals surface area contributed by atoms with Crippen molar-refractivity contribution < 1.29 is 13.6 Å². The molecule has 0 unspecified atom stereocenters. The maximum atomic E-state index is 13.5. The molecule has 0 aliphatic rings. The Morgan fingerprint density at radius 2 is 1.93 bits per heavy atom. The summed E-state index contributed by atoms with van der Waals surface area (Å²) >= 11 is 0. The van der Waals surface area contributed by atoms with Gasteiger partial charge >= 0.3 is 0 Å². The van der Waals surface area contributed by atoms with Crippen molar-refractivity contribution in [2.24, 2.45) is 4.99 Å². The topological polar surface area (TPSA) is 91.6 Å². The number of nitrogens with one attached hydrogen (secondary N) is 3. The Balaban J connectivity index is 1.82. The zero-order chi connectivity index (χ0) is 19.8. The second-order valence-corrected chi connectivity index (χ2v) is 6.09. The van der Waals surface area contributed by atoms with Gasteiger partial charge in [-0.05, 0) is 45.4 Å². The van der Waals surface area contributed by atoms with Crippen molar-refractivity contribution in [1.29, 1.82) is 0 Å². The predicted molar refractivity (Wildman–Crippen MR) is 102 cm³/mol. The lowest BCUT2D eigenvalue weighted by Gasteiger charge is -2.11. The predicted octanol–water partition coefficient (Wildman–Crippen LogP) is 2.22. The number of amides is 1. The van der Waals surface area contributed by atoms with E-state index in [1.165, 1.54) is 6.07 Å². The molecule has 0 aliphatic carbocycles. The van der Waals surface area contributed by atoms with E-state index >= 15 is 0 Å². The summed E-state index contributed by atoms with van der Waals surface area (Å²) in [5.41, 5.74) is 1.66. The molecule has 2 aromatic rings. The fourth-order valence-corrected chi connectivity index (χ4v) is 2.29. The number of rotatable bonds is 7. The third kappa shape index (κ3) is 6.09. The van der Waals surface area contributed by atoms with Gasteiger partial charge in [-0.15, -0.1) is 0 Å². The van der Waals surface area contributed by atoms with Crippen LogP contribution in [0.15, 0.2) is 27.6 Å². The van der Waals surface area contributed by atoms with Crippen molar-refractivity contribution in [3.8, 4) is 0 Å². The van der Waals surface area contributed by atoms with E-state index in [2.05, 4.69) is 25.9 Å². The second kappa shape index (κ2) is 9.70. The normalized spacial score (nSPS) is 11.4. The van der Waals surface area contributed by atoms with Crippen molar-refractivity contribution in [2.75, 3.05) is 19.6 Å². The summed E-state index contributed by atoms with van der Waals surface area (Å²) in [6, 6.07) is 4.43. The summed E-state index contributed by atoms with van der Waals surface area (Å²) in [5.74, 6) is 1.23. The molecule has 0 radical (unpaired) electrons. The highest BCUT2D eigenvalue weighted by Crippen LogP contribution is 2.09. The van der Waals surface area contributed by atoms with Crippen LogP contribution in [0.4, 0.5) is 4.39 Å². The van der Waals surface area contributed by atoms with Crippen molar-refractivity contribution in [3.05, 3.63) is 52.5 Å². The SMILES string of the molecule is CCNC(=NCc1nc(C)c(C)o1)NCCNC(=O)c1ccc(C)c(F)c1. The molecular formula is C19H26FN5O2. The number of aryl methyl sites for hydroxylation is 3. The molecule has 1 amide bonds. The van der Waals surface area contributed by atoms with E-state index in [9.17, 15) is 9.18 Å². The Labute approximate surface area is 158 Å². The summed E-state index contributed by atoms with van der Waals surface area (Å²) in [4.78, 5) is 20.8. The van der Waals surface area contributed by atoms with Crippen LogP contribution in [0, 0.1) is 26.6 Å². The molecular weight excluding hydrogens is 349 g/mol. The highest BCUT2D eigenvalue weighted by Gasteiger charge is 2.08. The summed E-state index contributed by atoms with van der Waals surface area (Å²) in [5, 5.41) is 8.98. The first kappa shape index (κ1) is 20.4. The molecule has 0 bridgehead atoms. The van der Waals surface area contributed by atoms with Crippen LogP contribution in [-0.4, -0.2) is 36.5 Å². The van der Waals surface area contributed by atoms with Gasteiger partial charge in [0.05, 0.1) is 5.69 Å². The highest BCUT2D eigenvalue weighted by atomic mass is 19.1. The first-order chi connectivity index (χ1) is 12.9. The van der Waals surface area contributed by atoms with Crippen molar-refractivity contribution >= 4 is 11.9 Å². The van der Waals surface area contributed by atoms with Gasteiger partial charge in [0.1, 0.15) is 18.1 Å². The Morgan fingerprint density at radius 3 is 2.56 bits per heavy atom. The number of benzene rings is 1. The van der Waals surface area contributed by atoms with E-state index in [0.29, 0.717) is 49.2 Å². The zero-order valence-corrected chi connectivity index (χ0v) is 16.1. The van der Waals surface area contributed by atoms with Gasteiger partial charge in [0.15, 0.2) is 5.96 Å². The largest absolute Gasteiger partial charge is 0.444 e. The maximum Gasteiger partial charge on any atom is 0.251 e. The van der Waals surface area contributed by atoms with E-state index in [1.54, 1.807) is 19.1 Å². The number of nitrogens with zero attached hydrogens (tertiary/aromatic N) is 2. The lowest BCUT2D eigenvalue weighted by Crippen LogP contribution is -2.41. The molecule has 0 atom stereocenters. The van der Waals surface area contributed by atoms with E-state index in [-0.39, 0.29) is 11.7 Å². The van der Waals surface area contributed by atoms with Gasteiger partial charge in [-0.25, -0.2) is 14.4 Å². The summed E-state index contributed by atoms with van der Waals surface area (Å²) in [6.45, 7) is 9.22. The maximum absolute atomic E-state index is 13.5. The van der Waals surface area contributed by atoms with Crippen LogP contribution in [0.2, 0.25) is 0 Å². The van der Waals surface area contributed by atoms with Crippen molar-refractivity contribution in [3.63, 3.8) is 0 Å². The minimum Gasteiger partial charge on any atom is -0.444 e. The quantitative estimate of drug-likeness (QED) is 0.392. The minimum absolute atomic E-state index is 0.299. The highest BCUT2D eigenvalue weighted by molar-refractivity contribution is 5.94. The number of carbonyl (C=O) groups excluding carboxylic acids is 1. The van der Waals surface area contributed by atoms with E-state index < -0.39 is 0 Å². The average Bonchev–Trinajstić information content (AvgIpc) is 2.96. The Kier molecular flexibility index (Phi) is 7.34. The number of hydrogen-bond donors (Lipinski definition) is 3. The fraction of sp³-hybridized carbons (Fsp3) is 0.421. The first-order valence-electron chi connectivity index (χ1n) is 8.90. The lowest BCUT2D eigenvalue weighted by molar-refractivity contribution is 0.0954. The van der Waals surface area contributed by atoms with Gasteiger partial charge in [0.2, 0.25) is 5.89 Å². The standard InChI is InChI=1S/C19H26FN5O2/c1-5-21-19(24-11-17-25-13(3)14(4)27-17)23-9-8-22-18(26)15-7-6-12(2)16(20)10-15/h6-7,10H,5,8-9,11H2,1-4H3,(H,22,26)(H2,21,23,24). The fourth-order valence-electron chi connectivity index (χ4n) is 2.29. The first-order valence-corrected chi connectivity index (χ1v) is 8.90. The van der Waals surface area contributed by atoms with Crippen LogP contribution >= 0.6 is 0 Å². The van der Waals surface area contributed by atoms with Gasteiger partial charge < -0.3 is 20.4 Å². The molecule has 0 spiro atoms. The number of guanidine groups is 1. The summed E-state index contributed by atoms with van der Waals surface area (Å²) in [6.07, 6.45) is 0. The van der Waals surface area contributed by atoms with Crippen molar-refractivity contribution in [1.82, 2.24) is 20.9 Å². The van der Waals surface area contributed by atoms with Gasteiger partial charge in [-0.3, -0.25) is 4.79 Å². The molecule has 1 aromatic heterocycles. The molecule has 8 heteroatoms. The summed E-state index contributed by atoms with van der Waals surface area (Å²) < 4.78 is 19.0. The van der Waals surface area contributed by atoms with E-state index in [4.69, 9.17) is 4.42 Å². The molecule has 0 aliphatic heterocycles. The number of aliphatic imine (C=N–C) groups is 1. The number of oxazole rings is 1. The molecule has 146 valence electrons. The number of hydrogen-bond acceptors (Lipinski definition) is 4. The van der Waals surface area contributed by atoms with Crippen LogP contribution in [0.25, 0.3) is 0 Å². The molecule has 3 N–H and O–H groups in total. The minimum atomic E-state index is -0.389. The second-order valence-electron chi connectivity index (χ2n) is 6.09. The molecule has 1 aromatic carbocycles. The van der Waals surface area contributed by atoms with E-state index in [1.807, 2.05) is 20.8 Å². The number of halogens is 1. The molecule has 7 nitrogen and oxygen atoms in total. The van der Waals surface area contributed by atoms with Crippen LogP contribution in [0.5, 0.6) is 0 Å². The number of aromatic nitrogens is 1. The van der Waals surface area contributed by atoms with Crippen molar-refractivity contribution in [2.45, 2.75) is 34.2 Å². The third-order valence-corrected chi connectivity index (χ3v) is 3.93. The van der Waals surface area contributed by atoms with Gasteiger partial charge in [-0.2, -0.15) is 0 Å². The molecule has 0 saturated carbocycles. The van der Waals surface area contributed by atoms with Gasteiger partial charge in [0, 0.05) is 25.2 Å². The van der Waals surface area contributed by atoms with E-state index in [0.717, 1.165) is 11.5 Å². The Bertz CT molecular complexity index is 797. The number of carbonyl (C=O) groups is 1. The molecule has 0 fully saturated rings. The van der Waals surface area contributed by atoms with Crippen LogP contribution < -0.4 is 16.0 Å². The molecule has 1 heterocycles. The monoisotopic (exact) mass is 375 g/mol. The zero-order valence-electron chi connectivity index (χ0n) is 16.1. The van der Waals surface area contributed by atoms with Crippen LogP contribution in [0.1, 0.15) is 40.2 Å². The van der Waals surface area contributed by atoms with Gasteiger partial charge in [-0.1, -0.05) is 6.07 Å².